The number of hydrogen-bond acceptors (Lipinski definition) is 15. The van der Waals surface area contributed by atoms with Gasteiger partial charge in [0, 0.05) is 101 Å². The van der Waals surface area contributed by atoms with Gasteiger partial charge in [0.1, 0.15) is 0 Å². The first-order valence-electron chi connectivity index (χ1n) is 22.2. The van der Waals surface area contributed by atoms with Gasteiger partial charge in [-0.1, -0.05) is 0 Å². The Bertz CT molecular complexity index is 2270. The van der Waals surface area contributed by atoms with Gasteiger partial charge in [0.2, 0.25) is 0 Å². The molecule has 9 heterocycles. The highest BCUT2D eigenvalue weighted by molar-refractivity contribution is 5.67. The average molecular weight is 873 g/mol. The molecule has 342 valence electrons. The van der Waals surface area contributed by atoms with Gasteiger partial charge in [0.25, 0.3) is 0 Å². The van der Waals surface area contributed by atoms with E-state index in [9.17, 15) is 0 Å². The van der Waals surface area contributed by atoms with Crippen molar-refractivity contribution in [3.05, 3.63) is 110 Å². The van der Waals surface area contributed by atoms with E-state index < -0.39 is 0 Å². The van der Waals surface area contributed by atoms with Crippen LogP contribution in [0, 0.1) is 19.8 Å². The van der Waals surface area contributed by atoms with Crippen molar-refractivity contribution in [1.29, 1.82) is 0 Å². The molecule has 0 bridgehead atoms. The Labute approximate surface area is 378 Å². The summed E-state index contributed by atoms with van der Waals surface area (Å²) in [6, 6.07) is 9.93. The molecule has 0 aliphatic carbocycles. The van der Waals surface area contributed by atoms with Crippen molar-refractivity contribution in [2.24, 2.45) is 5.92 Å². The second-order valence-electron chi connectivity index (χ2n) is 16.9. The van der Waals surface area contributed by atoms with E-state index in [1.165, 1.54) is 25.1 Å². The third-order valence-electron chi connectivity index (χ3n) is 12.3. The second-order valence-corrected chi connectivity index (χ2v) is 16.9. The molecule has 9 rings (SSSR count). The van der Waals surface area contributed by atoms with E-state index in [0.29, 0.717) is 17.7 Å². The SMILES string of the molecule is CN(C)CC1CCN(c2ccncc2N)CC1.COC1CCN(c2ccncc2N)CC1.Cc1ncn(-c2ccncc2N)c1C.Nc1cnccc1N1CCC(c2ccn[nH]2)CC1. The summed E-state index contributed by atoms with van der Waals surface area (Å²) in [5.74, 6) is 1.41. The van der Waals surface area contributed by atoms with Gasteiger partial charge in [-0.3, -0.25) is 25.0 Å². The Balaban J connectivity index is 0.000000142. The van der Waals surface area contributed by atoms with Gasteiger partial charge in [-0.25, -0.2) is 4.98 Å². The molecule has 64 heavy (non-hydrogen) atoms. The molecule has 3 saturated heterocycles. The molecule has 0 spiro atoms. The molecule has 6 aromatic heterocycles. The molecular formula is C47H68N16O. The molecule has 3 fully saturated rings. The number of ether oxygens (including phenoxy) is 1. The maximum atomic E-state index is 5.96. The van der Waals surface area contributed by atoms with Crippen LogP contribution >= 0.6 is 0 Å². The van der Waals surface area contributed by atoms with Gasteiger partial charge in [-0.15, -0.1) is 0 Å². The molecule has 0 amide bonds. The lowest BCUT2D eigenvalue weighted by molar-refractivity contribution is 0.0819. The van der Waals surface area contributed by atoms with Crippen LogP contribution in [0.3, 0.4) is 0 Å². The number of aromatic nitrogens is 8. The number of nitrogen functional groups attached to an aromatic ring is 4. The van der Waals surface area contributed by atoms with Gasteiger partial charge in [-0.2, -0.15) is 5.10 Å². The Kier molecular flexibility index (Phi) is 17.1. The van der Waals surface area contributed by atoms with Gasteiger partial charge in [-0.05, 0) is 103 Å². The Morgan fingerprint density at radius 1 is 0.609 bits per heavy atom. The van der Waals surface area contributed by atoms with Gasteiger partial charge in [0.15, 0.2) is 0 Å². The lowest BCUT2D eigenvalue weighted by Crippen LogP contribution is -2.37. The Morgan fingerprint density at radius 3 is 1.42 bits per heavy atom. The first kappa shape index (κ1) is 47.0. The monoisotopic (exact) mass is 873 g/mol. The zero-order valence-corrected chi connectivity index (χ0v) is 38.2. The first-order chi connectivity index (χ1) is 31.0. The molecule has 6 aromatic rings. The standard InChI is InChI=1S/C13H17N5.C13H22N4.C11H17N3O.C10H12N4/c14-11-9-15-5-2-13(11)18-7-3-10(4-8-18)12-1-6-16-17-12;1-16(2)10-11-4-7-17(8-5-11)13-3-6-15-9-12(13)14;1-15-9-3-6-14(7-4-9)11-2-5-13-8-10(11)12;1-7-8(2)14(6-13-7)10-3-4-12-5-9(10)11/h1-2,5-6,9-10H,3-4,7-8,14H2,(H,16,17);3,6,9,11H,4-5,7-8,10,14H2,1-2H3;2,5,8-9H,3-4,6-7,12H2,1H3;3-6H,11H2,1-2H3. The molecule has 3 aliphatic rings. The summed E-state index contributed by atoms with van der Waals surface area (Å²) in [7, 11) is 6.07. The van der Waals surface area contributed by atoms with Crippen molar-refractivity contribution in [2.45, 2.75) is 64.4 Å². The molecule has 0 radical (unpaired) electrons. The largest absolute Gasteiger partial charge is 0.396 e. The van der Waals surface area contributed by atoms with Gasteiger partial charge >= 0.3 is 0 Å². The predicted octanol–water partition coefficient (Wildman–Crippen LogP) is 5.96. The summed E-state index contributed by atoms with van der Waals surface area (Å²) < 4.78 is 7.30. The molecule has 0 unspecified atom stereocenters. The summed E-state index contributed by atoms with van der Waals surface area (Å²) in [4.78, 5) is 29.5. The average Bonchev–Trinajstić information content (AvgIpc) is 3.98. The summed E-state index contributed by atoms with van der Waals surface area (Å²) in [6.45, 7) is 11.5. The molecular weight excluding hydrogens is 805 g/mol. The molecule has 0 aromatic carbocycles. The summed E-state index contributed by atoms with van der Waals surface area (Å²) in [6.07, 6.45) is 24.8. The van der Waals surface area contributed by atoms with Crippen molar-refractivity contribution in [3.8, 4) is 5.69 Å². The van der Waals surface area contributed by atoms with Crippen molar-refractivity contribution < 1.29 is 4.74 Å². The minimum absolute atomic E-state index is 0.407. The number of hydrogen-bond donors (Lipinski definition) is 5. The number of imidazole rings is 1. The van der Waals surface area contributed by atoms with Crippen molar-refractivity contribution in [1.82, 2.24) is 44.6 Å². The van der Waals surface area contributed by atoms with Crippen LogP contribution in [0.1, 0.15) is 61.5 Å². The maximum absolute atomic E-state index is 5.96. The fourth-order valence-corrected chi connectivity index (χ4v) is 8.55. The molecule has 17 heteroatoms. The van der Waals surface area contributed by atoms with Crippen molar-refractivity contribution in [3.63, 3.8) is 0 Å². The number of piperidine rings is 3. The van der Waals surface area contributed by atoms with Crippen LogP contribution in [-0.4, -0.2) is 118 Å². The van der Waals surface area contributed by atoms with Crippen LogP contribution in [-0.2, 0) is 4.74 Å². The van der Waals surface area contributed by atoms with Crippen LogP contribution in [0.15, 0.2) is 92.4 Å². The van der Waals surface area contributed by atoms with Crippen LogP contribution in [0.4, 0.5) is 39.8 Å². The highest BCUT2D eigenvalue weighted by Crippen LogP contribution is 2.32. The van der Waals surface area contributed by atoms with E-state index in [0.717, 1.165) is 122 Å². The normalized spacial score (nSPS) is 16.0. The fourth-order valence-electron chi connectivity index (χ4n) is 8.55. The van der Waals surface area contributed by atoms with Crippen LogP contribution in [0.5, 0.6) is 0 Å². The van der Waals surface area contributed by atoms with Gasteiger partial charge < -0.3 is 51.8 Å². The van der Waals surface area contributed by atoms with E-state index >= 15 is 0 Å². The Hall–Kier alpha value is -6.46. The maximum Gasteiger partial charge on any atom is 0.0998 e. The Morgan fingerprint density at radius 2 is 1.05 bits per heavy atom. The zero-order valence-electron chi connectivity index (χ0n) is 38.2. The number of methoxy groups -OCH3 is 1. The van der Waals surface area contributed by atoms with E-state index in [4.69, 9.17) is 27.7 Å². The van der Waals surface area contributed by atoms with E-state index in [1.54, 1.807) is 56.8 Å². The van der Waals surface area contributed by atoms with Crippen molar-refractivity contribution in [2.75, 3.05) is 105 Å². The highest BCUT2D eigenvalue weighted by Gasteiger charge is 2.24. The topological polar surface area (TPSA) is 224 Å². The van der Waals surface area contributed by atoms with Crippen LogP contribution in [0.2, 0.25) is 0 Å². The number of pyridine rings is 4. The summed E-state index contributed by atoms with van der Waals surface area (Å²) >= 11 is 0. The number of aromatic amines is 1. The lowest BCUT2D eigenvalue weighted by atomic mass is 9.93. The number of nitrogens with two attached hydrogens (primary N) is 4. The number of nitrogens with zero attached hydrogens (tertiary/aromatic N) is 11. The number of H-pyrrole nitrogens is 1. The second kappa shape index (κ2) is 23.3. The van der Waals surface area contributed by atoms with E-state index in [-0.39, 0.29) is 0 Å². The smallest absolute Gasteiger partial charge is 0.0998 e. The number of nitrogens with one attached hydrogen (secondary N) is 1. The quantitative estimate of drug-likeness (QED) is 0.119. The molecule has 0 saturated carbocycles. The highest BCUT2D eigenvalue weighted by atomic mass is 16.5. The van der Waals surface area contributed by atoms with Crippen LogP contribution < -0.4 is 37.6 Å². The van der Waals surface area contributed by atoms with Crippen LogP contribution in [0.25, 0.3) is 5.69 Å². The molecule has 0 atom stereocenters. The van der Waals surface area contributed by atoms with E-state index in [1.807, 2.05) is 55.1 Å². The summed E-state index contributed by atoms with van der Waals surface area (Å²) in [5, 5.41) is 7.09. The minimum atomic E-state index is 0.407. The number of rotatable bonds is 8. The van der Waals surface area contributed by atoms with Gasteiger partial charge in [0.05, 0.1) is 88.4 Å². The molecule has 3 aliphatic heterocycles. The zero-order chi connectivity index (χ0) is 45.4. The van der Waals surface area contributed by atoms with Crippen molar-refractivity contribution >= 4 is 39.8 Å². The first-order valence-corrected chi connectivity index (χ1v) is 22.2. The predicted molar refractivity (Wildman–Crippen MR) is 260 cm³/mol. The molecule has 17 nitrogen and oxygen atoms in total. The summed E-state index contributed by atoms with van der Waals surface area (Å²) in [5.41, 5.74) is 34.2. The number of aryl methyl sites for hydroxylation is 1. The lowest BCUT2D eigenvalue weighted by Gasteiger charge is -2.35. The fraction of sp³-hybridized carbons (Fsp3) is 0.447. The third-order valence-corrected chi connectivity index (χ3v) is 12.3. The third kappa shape index (κ3) is 12.8. The van der Waals surface area contributed by atoms with E-state index in [2.05, 4.69) is 74.9 Å². The minimum Gasteiger partial charge on any atom is -0.396 e. The molecule has 9 N–H and O–H groups in total. The number of anilines is 7.